The molecule has 0 saturated carbocycles. The maximum atomic E-state index is 12.9. The van der Waals surface area contributed by atoms with Crippen LogP contribution < -0.4 is 0 Å². The minimum absolute atomic E-state index is 0.0838. The fourth-order valence-corrected chi connectivity index (χ4v) is 9.67. The molecule has 1 unspecified atom stereocenters. The number of rotatable bonds is 62. The van der Waals surface area contributed by atoms with Crippen LogP contribution in [0.4, 0.5) is 0 Å². The van der Waals surface area contributed by atoms with Gasteiger partial charge in [-0.3, -0.25) is 14.4 Å². The van der Waals surface area contributed by atoms with Crippen molar-refractivity contribution in [1.29, 1.82) is 0 Å². The maximum absolute atomic E-state index is 12.9. The lowest BCUT2D eigenvalue weighted by Crippen LogP contribution is -2.30. The zero-order valence-corrected chi connectivity index (χ0v) is 52.8. The monoisotopic (exact) mass is 1110 g/mol. The second-order valence-electron chi connectivity index (χ2n) is 22.7. The lowest BCUT2D eigenvalue weighted by molar-refractivity contribution is -0.167. The molecule has 0 N–H and O–H groups in total. The standard InChI is InChI=1S/C74H128O6/c1-4-7-10-13-16-19-22-25-28-30-32-34-36-37-39-40-42-44-46-49-52-55-58-61-64-67-73(76)79-70-71(69-78-72(75)66-63-60-57-54-51-48-27-24-21-18-15-12-9-6-3)80-74(77)68-65-62-59-56-53-50-47-45-43-41-38-35-33-31-29-26-23-20-17-14-11-8-5-2/h8,11,17,20,22,24-27,29-30,32-33,35,41,43,71H,4-7,9-10,12-16,18-19,21,23,28,31,34,36-40,42,44-70H2,1-3H3/b11-8-,20-17-,25-22-,27-24-,29-26-,32-30-,35-33-,43-41-. The van der Waals surface area contributed by atoms with Gasteiger partial charge in [-0.25, -0.2) is 0 Å². The fourth-order valence-electron chi connectivity index (χ4n) is 9.67. The molecular formula is C74H128O6. The van der Waals surface area contributed by atoms with Crippen molar-refractivity contribution in [2.75, 3.05) is 13.2 Å². The molecule has 460 valence electrons. The Morgan fingerprint density at radius 3 is 0.775 bits per heavy atom. The fraction of sp³-hybridized carbons (Fsp3) is 0.743. The van der Waals surface area contributed by atoms with Crippen LogP contribution in [-0.4, -0.2) is 37.2 Å². The molecule has 0 fully saturated rings. The van der Waals surface area contributed by atoms with Crippen molar-refractivity contribution in [3.05, 3.63) is 97.2 Å². The number of unbranched alkanes of at least 4 members (excludes halogenated alkanes) is 35. The van der Waals surface area contributed by atoms with Gasteiger partial charge in [-0.1, -0.05) is 291 Å². The van der Waals surface area contributed by atoms with E-state index in [1.54, 1.807) is 0 Å². The van der Waals surface area contributed by atoms with Gasteiger partial charge in [0.2, 0.25) is 0 Å². The number of ether oxygens (including phenoxy) is 3. The topological polar surface area (TPSA) is 78.9 Å². The average molecular weight is 1110 g/mol. The molecule has 0 aromatic carbocycles. The Morgan fingerprint density at radius 1 is 0.263 bits per heavy atom. The Labute approximate surface area is 496 Å². The van der Waals surface area contributed by atoms with Gasteiger partial charge >= 0.3 is 17.9 Å². The molecule has 0 aromatic heterocycles. The second-order valence-corrected chi connectivity index (χ2v) is 22.7. The highest BCUT2D eigenvalue weighted by Crippen LogP contribution is 2.16. The molecule has 0 aliphatic heterocycles. The molecule has 6 heteroatoms. The number of hydrogen-bond donors (Lipinski definition) is 0. The first-order chi connectivity index (χ1) is 39.5. The van der Waals surface area contributed by atoms with E-state index in [0.29, 0.717) is 19.3 Å². The van der Waals surface area contributed by atoms with Gasteiger partial charge in [-0.2, -0.15) is 0 Å². The zero-order valence-electron chi connectivity index (χ0n) is 52.8. The minimum atomic E-state index is -0.790. The first kappa shape index (κ1) is 76.3. The SMILES string of the molecule is CC/C=C\C/C=C\C/C=C\C/C=C\C/C=C\CCCCCCCCCC(=O)OC(COC(=O)CCCCCCC/C=C\CCCCCCC)COC(=O)CCCCCCCCCCCCCCC/C=C\C/C=C\CCCCCCC. The molecule has 0 amide bonds. The van der Waals surface area contributed by atoms with Gasteiger partial charge in [0.05, 0.1) is 0 Å². The molecule has 1 atom stereocenters. The Hall–Kier alpha value is -3.67. The van der Waals surface area contributed by atoms with Gasteiger partial charge in [-0.15, -0.1) is 0 Å². The minimum Gasteiger partial charge on any atom is -0.462 e. The first-order valence-electron chi connectivity index (χ1n) is 34.2. The van der Waals surface area contributed by atoms with Gasteiger partial charge in [-0.05, 0) is 122 Å². The number of allylic oxidation sites excluding steroid dienone is 16. The number of carbonyl (C=O) groups is 3. The van der Waals surface area contributed by atoms with Crippen LogP contribution in [0.3, 0.4) is 0 Å². The zero-order chi connectivity index (χ0) is 57.8. The van der Waals surface area contributed by atoms with Crippen molar-refractivity contribution < 1.29 is 28.6 Å². The highest BCUT2D eigenvalue weighted by molar-refractivity contribution is 5.71. The van der Waals surface area contributed by atoms with Crippen LogP contribution in [0, 0.1) is 0 Å². The summed E-state index contributed by atoms with van der Waals surface area (Å²) in [6, 6.07) is 0. The van der Waals surface area contributed by atoms with E-state index in [1.165, 1.54) is 186 Å². The highest BCUT2D eigenvalue weighted by atomic mass is 16.6. The van der Waals surface area contributed by atoms with E-state index in [9.17, 15) is 14.4 Å². The first-order valence-corrected chi connectivity index (χ1v) is 34.2. The van der Waals surface area contributed by atoms with E-state index in [0.717, 1.165) is 109 Å². The third-order valence-corrected chi connectivity index (χ3v) is 14.8. The summed E-state index contributed by atoms with van der Waals surface area (Å²) in [5, 5.41) is 0. The molecule has 0 radical (unpaired) electrons. The number of esters is 3. The quantitative estimate of drug-likeness (QED) is 0.0261. The van der Waals surface area contributed by atoms with Crippen LogP contribution in [0.5, 0.6) is 0 Å². The summed E-state index contributed by atoms with van der Waals surface area (Å²) in [6.07, 6.45) is 91.3. The van der Waals surface area contributed by atoms with Crippen molar-refractivity contribution >= 4 is 17.9 Å². The van der Waals surface area contributed by atoms with Crippen molar-refractivity contribution in [3.63, 3.8) is 0 Å². The summed E-state index contributed by atoms with van der Waals surface area (Å²) in [5.74, 6) is -0.891. The van der Waals surface area contributed by atoms with E-state index in [1.807, 2.05) is 0 Å². The molecule has 0 aromatic rings. The van der Waals surface area contributed by atoms with Crippen LogP contribution in [0.15, 0.2) is 97.2 Å². The van der Waals surface area contributed by atoms with Gasteiger partial charge < -0.3 is 14.2 Å². The van der Waals surface area contributed by atoms with E-state index in [2.05, 4.69) is 118 Å². The largest absolute Gasteiger partial charge is 0.462 e. The van der Waals surface area contributed by atoms with Gasteiger partial charge in [0.25, 0.3) is 0 Å². The smallest absolute Gasteiger partial charge is 0.306 e. The van der Waals surface area contributed by atoms with E-state index < -0.39 is 6.10 Å². The Morgan fingerprint density at radius 2 is 0.487 bits per heavy atom. The maximum Gasteiger partial charge on any atom is 0.306 e. The predicted octanol–water partition coefficient (Wildman–Crippen LogP) is 23.6. The van der Waals surface area contributed by atoms with E-state index >= 15 is 0 Å². The number of hydrogen-bond acceptors (Lipinski definition) is 6. The molecule has 6 nitrogen and oxygen atoms in total. The second kappa shape index (κ2) is 67.8. The van der Waals surface area contributed by atoms with Crippen molar-refractivity contribution in [3.8, 4) is 0 Å². The summed E-state index contributed by atoms with van der Waals surface area (Å²) < 4.78 is 17.0. The summed E-state index contributed by atoms with van der Waals surface area (Å²) in [4.78, 5) is 38.4. The highest BCUT2D eigenvalue weighted by Gasteiger charge is 2.19. The predicted molar refractivity (Wildman–Crippen MR) is 348 cm³/mol. The normalized spacial score (nSPS) is 12.7. The molecule has 0 aliphatic rings. The van der Waals surface area contributed by atoms with Crippen LogP contribution in [0.1, 0.15) is 335 Å². The van der Waals surface area contributed by atoms with Crippen LogP contribution in [-0.2, 0) is 28.6 Å². The molecule has 80 heavy (non-hydrogen) atoms. The third kappa shape index (κ3) is 65.1. The van der Waals surface area contributed by atoms with Crippen molar-refractivity contribution in [2.24, 2.45) is 0 Å². The molecule has 0 heterocycles. The summed E-state index contributed by atoms with van der Waals surface area (Å²) in [6.45, 7) is 6.53. The molecule has 0 saturated heterocycles. The van der Waals surface area contributed by atoms with Crippen LogP contribution >= 0.6 is 0 Å². The molecule has 0 bridgehead atoms. The number of carbonyl (C=O) groups excluding carboxylic acids is 3. The van der Waals surface area contributed by atoms with Crippen molar-refractivity contribution in [1.82, 2.24) is 0 Å². The summed E-state index contributed by atoms with van der Waals surface area (Å²) in [5.41, 5.74) is 0. The van der Waals surface area contributed by atoms with Crippen LogP contribution in [0.2, 0.25) is 0 Å². The third-order valence-electron chi connectivity index (χ3n) is 14.8. The Balaban J connectivity index is 4.34. The lowest BCUT2D eigenvalue weighted by Gasteiger charge is -2.18. The summed E-state index contributed by atoms with van der Waals surface area (Å²) in [7, 11) is 0. The van der Waals surface area contributed by atoms with Gasteiger partial charge in [0.15, 0.2) is 6.10 Å². The summed E-state index contributed by atoms with van der Waals surface area (Å²) >= 11 is 0. The van der Waals surface area contributed by atoms with Crippen molar-refractivity contribution in [2.45, 2.75) is 341 Å². The van der Waals surface area contributed by atoms with E-state index in [4.69, 9.17) is 14.2 Å². The average Bonchev–Trinajstić information content (AvgIpc) is 3.46. The van der Waals surface area contributed by atoms with Gasteiger partial charge in [0.1, 0.15) is 13.2 Å². The van der Waals surface area contributed by atoms with Crippen LogP contribution in [0.25, 0.3) is 0 Å². The van der Waals surface area contributed by atoms with E-state index in [-0.39, 0.29) is 31.1 Å². The molecule has 0 aliphatic carbocycles. The van der Waals surface area contributed by atoms with Gasteiger partial charge in [0, 0.05) is 19.3 Å². The molecular weight excluding hydrogens is 985 g/mol. The Bertz CT molecular complexity index is 1560. The molecule has 0 rings (SSSR count). The molecule has 0 spiro atoms. The Kier molecular flexibility index (Phi) is 64.7. The lowest BCUT2D eigenvalue weighted by atomic mass is 10.0.